The van der Waals surface area contributed by atoms with Gasteiger partial charge in [-0.05, 0) is 30.5 Å². The van der Waals surface area contributed by atoms with Gasteiger partial charge in [-0.2, -0.15) is 4.31 Å². The number of ether oxygens (including phenoxy) is 1. The van der Waals surface area contributed by atoms with Crippen molar-refractivity contribution in [1.82, 2.24) is 13.4 Å². The van der Waals surface area contributed by atoms with Gasteiger partial charge in [0, 0.05) is 26.8 Å². The van der Waals surface area contributed by atoms with Crippen molar-refractivity contribution in [3.63, 3.8) is 0 Å². The molecule has 0 aliphatic carbocycles. The minimum Gasteiger partial charge on any atom is -0.497 e. The number of methoxy groups -OCH3 is 1. The van der Waals surface area contributed by atoms with E-state index in [-0.39, 0.29) is 10.9 Å². The molecule has 1 aromatic heterocycles. The van der Waals surface area contributed by atoms with Gasteiger partial charge >= 0.3 is 5.69 Å². The van der Waals surface area contributed by atoms with Crippen LogP contribution in [-0.4, -0.2) is 35.5 Å². The number of sulfonamides is 1. The van der Waals surface area contributed by atoms with E-state index in [1.807, 2.05) is 12.1 Å². The molecule has 2 aromatic rings. The maximum absolute atomic E-state index is 13.5. The third-order valence-corrected chi connectivity index (χ3v) is 7.10. The van der Waals surface area contributed by atoms with Gasteiger partial charge in [0.15, 0.2) is 4.90 Å². The number of aryl methyl sites for hydroxylation is 1. The lowest BCUT2D eigenvalue weighted by atomic mass is 10.0. The lowest BCUT2D eigenvalue weighted by molar-refractivity contribution is 0.327. The van der Waals surface area contributed by atoms with Crippen molar-refractivity contribution >= 4 is 10.0 Å². The van der Waals surface area contributed by atoms with Crippen LogP contribution in [0, 0.1) is 0 Å². The van der Waals surface area contributed by atoms with Crippen LogP contribution in [-0.2, 0) is 24.1 Å². The molecule has 1 saturated heterocycles. The maximum atomic E-state index is 13.5. The van der Waals surface area contributed by atoms with Crippen molar-refractivity contribution in [3.8, 4) is 5.75 Å². The van der Waals surface area contributed by atoms with E-state index in [0.717, 1.165) is 40.2 Å². The minimum atomic E-state index is -4.08. The zero-order valence-corrected chi connectivity index (χ0v) is 17.1. The Morgan fingerprint density at radius 2 is 1.71 bits per heavy atom. The van der Waals surface area contributed by atoms with Crippen molar-refractivity contribution < 1.29 is 13.2 Å². The van der Waals surface area contributed by atoms with Crippen LogP contribution in [0.1, 0.15) is 37.3 Å². The molecule has 0 amide bonds. The van der Waals surface area contributed by atoms with Crippen LogP contribution in [0.25, 0.3) is 0 Å². The van der Waals surface area contributed by atoms with Crippen molar-refractivity contribution in [1.29, 1.82) is 0 Å². The molecular weight excluding hydrogens is 382 g/mol. The molecule has 1 aromatic carbocycles. The fourth-order valence-corrected chi connectivity index (χ4v) is 5.44. The first-order valence-corrected chi connectivity index (χ1v) is 10.6. The van der Waals surface area contributed by atoms with E-state index in [4.69, 9.17) is 4.74 Å². The van der Waals surface area contributed by atoms with Crippen molar-refractivity contribution in [3.05, 3.63) is 56.9 Å². The van der Waals surface area contributed by atoms with Crippen LogP contribution in [0.15, 0.2) is 44.9 Å². The molecule has 0 N–H and O–H groups in total. The van der Waals surface area contributed by atoms with E-state index in [1.165, 1.54) is 18.4 Å². The second-order valence-corrected chi connectivity index (χ2v) is 8.86. The largest absolute Gasteiger partial charge is 0.497 e. The van der Waals surface area contributed by atoms with Gasteiger partial charge in [-0.25, -0.2) is 13.2 Å². The smallest absolute Gasteiger partial charge is 0.330 e. The molecule has 28 heavy (non-hydrogen) atoms. The lowest BCUT2D eigenvalue weighted by Gasteiger charge is -2.29. The van der Waals surface area contributed by atoms with Crippen LogP contribution in [0.4, 0.5) is 0 Å². The fraction of sp³-hybridized carbons (Fsp3) is 0.474. The molecular formula is C19H25N3O5S. The van der Waals surface area contributed by atoms with Gasteiger partial charge in [-0.1, -0.05) is 25.0 Å². The topological polar surface area (TPSA) is 90.6 Å². The van der Waals surface area contributed by atoms with Crippen LogP contribution < -0.4 is 16.0 Å². The van der Waals surface area contributed by atoms with Crippen LogP contribution in [0.5, 0.6) is 5.75 Å². The molecule has 0 radical (unpaired) electrons. The molecule has 1 fully saturated rings. The Balaban J connectivity index is 2.11. The molecule has 152 valence electrons. The van der Waals surface area contributed by atoms with Crippen molar-refractivity contribution in [2.45, 2.75) is 36.6 Å². The summed E-state index contributed by atoms with van der Waals surface area (Å²) in [6.45, 7) is 0.324. The van der Waals surface area contributed by atoms with E-state index >= 15 is 0 Å². The first kappa shape index (κ1) is 20.3. The highest BCUT2D eigenvalue weighted by molar-refractivity contribution is 7.89. The van der Waals surface area contributed by atoms with Crippen molar-refractivity contribution in [2.75, 3.05) is 13.7 Å². The summed E-state index contributed by atoms with van der Waals surface area (Å²) in [6.07, 6.45) is 4.32. The summed E-state index contributed by atoms with van der Waals surface area (Å²) in [5.41, 5.74) is -0.514. The Morgan fingerprint density at radius 1 is 1.04 bits per heavy atom. The third kappa shape index (κ3) is 3.64. The number of benzene rings is 1. The fourth-order valence-electron chi connectivity index (χ4n) is 3.61. The normalized spacial score (nSPS) is 18.6. The van der Waals surface area contributed by atoms with E-state index < -0.39 is 21.3 Å². The Hall–Kier alpha value is -2.39. The Kier molecular flexibility index (Phi) is 5.76. The van der Waals surface area contributed by atoms with Gasteiger partial charge in [0.25, 0.3) is 15.6 Å². The van der Waals surface area contributed by atoms with Gasteiger partial charge in [0.05, 0.1) is 13.2 Å². The standard InChI is InChI=1S/C19H25N3O5S/c1-20-13-17(18(23)21(2)19(20)24)28(25,26)22-12-6-4-5-7-16(22)14-8-10-15(27-3)11-9-14/h8-11,13,16H,4-7,12H2,1-3H3/t16-/m0/s1. The summed E-state index contributed by atoms with van der Waals surface area (Å²) in [5, 5.41) is 0. The molecule has 1 aliphatic rings. The van der Waals surface area contributed by atoms with Gasteiger partial charge in [-0.15, -0.1) is 0 Å². The molecule has 0 bridgehead atoms. The van der Waals surface area contributed by atoms with Gasteiger partial charge in [0.2, 0.25) is 0 Å². The highest BCUT2D eigenvalue weighted by Gasteiger charge is 2.35. The molecule has 9 heteroatoms. The van der Waals surface area contributed by atoms with E-state index in [9.17, 15) is 18.0 Å². The van der Waals surface area contributed by atoms with E-state index in [2.05, 4.69) is 0 Å². The van der Waals surface area contributed by atoms with Crippen molar-refractivity contribution in [2.24, 2.45) is 14.1 Å². The molecule has 0 unspecified atom stereocenters. The summed E-state index contributed by atoms with van der Waals surface area (Å²) in [7, 11) is 0.214. The van der Waals surface area contributed by atoms with Gasteiger partial charge in [-0.3, -0.25) is 9.36 Å². The molecule has 3 rings (SSSR count). The zero-order chi connectivity index (χ0) is 20.5. The summed E-state index contributed by atoms with van der Waals surface area (Å²) >= 11 is 0. The lowest BCUT2D eigenvalue weighted by Crippen LogP contribution is -2.43. The second-order valence-electron chi connectivity index (χ2n) is 7.01. The summed E-state index contributed by atoms with van der Waals surface area (Å²) in [4.78, 5) is 24.1. The summed E-state index contributed by atoms with van der Waals surface area (Å²) in [6, 6.07) is 6.94. The SMILES string of the molecule is COc1ccc([C@@H]2CCCCCN2S(=O)(=O)c2cn(C)c(=O)n(C)c2=O)cc1. The predicted molar refractivity (Wildman–Crippen MR) is 105 cm³/mol. The Labute approximate surface area is 164 Å². The van der Waals surface area contributed by atoms with Crippen LogP contribution >= 0.6 is 0 Å². The van der Waals surface area contributed by atoms with Gasteiger partial charge in [0.1, 0.15) is 5.75 Å². The highest BCUT2D eigenvalue weighted by Crippen LogP contribution is 2.34. The first-order valence-electron chi connectivity index (χ1n) is 9.20. The molecule has 2 heterocycles. The number of aromatic nitrogens is 2. The second kappa shape index (κ2) is 7.92. The molecule has 1 aliphatic heterocycles. The van der Waals surface area contributed by atoms with E-state index in [0.29, 0.717) is 18.7 Å². The molecule has 8 nitrogen and oxygen atoms in total. The number of rotatable bonds is 4. The number of hydrogen-bond acceptors (Lipinski definition) is 5. The molecule has 0 saturated carbocycles. The number of nitrogens with zero attached hydrogens (tertiary/aromatic N) is 3. The first-order chi connectivity index (χ1) is 13.3. The summed E-state index contributed by atoms with van der Waals surface area (Å²) in [5.74, 6) is 0.693. The Bertz CT molecular complexity index is 1070. The molecule has 1 atom stereocenters. The predicted octanol–water partition coefficient (Wildman–Crippen LogP) is 1.40. The Morgan fingerprint density at radius 3 is 2.36 bits per heavy atom. The quantitative estimate of drug-likeness (QED) is 0.764. The summed E-state index contributed by atoms with van der Waals surface area (Å²) < 4.78 is 35.5. The average molecular weight is 407 g/mol. The van der Waals surface area contributed by atoms with Gasteiger partial charge < -0.3 is 9.30 Å². The zero-order valence-electron chi connectivity index (χ0n) is 16.3. The maximum Gasteiger partial charge on any atom is 0.330 e. The number of hydrogen-bond donors (Lipinski definition) is 0. The van der Waals surface area contributed by atoms with Crippen LogP contribution in [0.3, 0.4) is 0 Å². The van der Waals surface area contributed by atoms with Crippen LogP contribution in [0.2, 0.25) is 0 Å². The van der Waals surface area contributed by atoms with E-state index in [1.54, 1.807) is 19.2 Å². The monoisotopic (exact) mass is 407 g/mol. The molecule has 0 spiro atoms. The minimum absolute atomic E-state index is 0.324. The third-order valence-electron chi connectivity index (χ3n) is 5.21. The average Bonchev–Trinajstić information content (AvgIpc) is 2.95. The highest BCUT2D eigenvalue weighted by atomic mass is 32.2.